The quantitative estimate of drug-likeness (QED) is 0.596. The van der Waals surface area contributed by atoms with Crippen LogP contribution in [0.2, 0.25) is 0 Å². The molecular weight excluding hydrogens is 172 g/mol. The molecule has 0 aromatic rings. The van der Waals surface area contributed by atoms with E-state index in [1.54, 1.807) is 0 Å². The summed E-state index contributed by atoms with van der Waals surface area (Å²) in [5, 5.41) is 8.58. The summed E-state index contributed by atoms with van der Waals surface area (Å²) in [6, 6.07) is 0. The SMILES string of the molecule is O=C(O)C1C(=O)C2(CCCC2)C1=O. The van der Waals surface area contributed by atoms with Crippen molar-refractivity contribution >= 4 is 17.5 Å². The van der Waals surface area contributed by atoms with Crippen molar-refractivity contribution in [3.8, 4) is 0 Å². The molecule has 0 saturated heterocycles. The van der Waals surface area contributed by atoms with Crippen molar-refractivity contribution in [2.75, 3.05) is 0 Å². The molecule has 0 bridgehead atoms. The first kappa shape index (κ1) is 8.41. The lowest BCUT2D eigenvalue weighted by atomic mass is 9.58. The molecule has 0 radical (unpaired) electrons. The number of aliphatic carboxylic acids is 1. The van der Waals surface area contributed by atoms with Crippen LogP contribution in [-0.4, -0.2) is 22.6 Å². The maximum atomic E-state index is 11.4. The fourth-order valence-electron chi connectivity index (χ4n) is 2.41. The van der Waals surface area contributed by atoms with Crippen LogP contribution in [0.4, 0.5) is 0 Å². The lowest BCUT2D eigenvalue weighted by Gasteiger charge is -2.38. The van der Waals surface area contributed by atoms with E-state index in [2.05, 4.69) is 0 Å². The van der Waals surface area contributed by atoms with Gasteiger partial charge < -0.3 is 5.11 Å². The van der Waals surface area contributed by atoms with Gasteiger partial charge in [-0.25, -0.2) is 0 Å². The first-order valence-corrected chi connectivity index (χ1v) is 4.41. The Morgan fingerprint density at radius 3 is 2.08 bits per heavy atom. The molecule has 0 heterocycles. The molecule has 1 N–H and O–H groups in total. The van der Waals surface area contributed by atoms with E-state index >= 15 is 0 Å². The minimum atomic E-state index is -1.35. The van der Waals surface area contributed by atoms with Gasteiger partial charge in [-0.3, -0.25) is 14.4 Å². The third-order valence-corrected chi connectivity index (χ3v) is 3.17. The fourth-order valence-corrected chi connectivity index (χ4v) is 2.41. The summed E-state index contributed by atoms with van der Waals surface area (Å²) in [6.07, 6.45) is 2.86. The molecule has 0 aromatic heterocycles. The van der Waals surface area contributed by atoms with Gasteiger partial charge in [-0.15, -0.1) is 0 Å². The van der Waals surface area contributed by atoms with Crippen LogP contribution in [-0.2, 0) is 14.4 Å². The van der Waals surface area contributed by atoms with Gasteiger partial charge in [0.15, 0.2) is 17.5 Å². The van der Waals surface area contributed by atoms with Crippen molar-refractivity contribution in [1.82, 2.24) is 0 Å². The number of carbonyl (C=O) groups is 3. The topological polar surface area (TPSA) is 71.4 Å². The second kappa shape index (κ2) is 2.40. The number of rotatable bonds is 1. The smallest absolute Gasteiger partial charge is 0.321 e. The van der Waals surface area contributed by atoms with Gasteiger partial charge in [-0.05, 0) is 12.8 Å². The Morgan fingerprint density at radius 2 is 1.69 bits per heavy atom. The van der Waals surface area contributed by atoms with Gasteiger partial charge in [0.05, 0.1) is 5.41 Å². The number of ketones is 2. The van der Waals surface area contributed by atoms with Crippen LogP contribution in [0.25, 0.3) is 0 Å². The third-order valence-electron chi connectivity index (χ3n) is 3.17. The molecule has 0 atom stereocenters. The molecule has 2 fully saturated rings. The number of carboxylic acids is 1. The summed E-state index contributed by atoms with van der Waals surface area (Å²) in [6.45, 7) is 0. The molecule has 1 spiro atoms. The summed E-state index contributed by atoms with van der Waals surface area (Å²) >= 11 is 0. The Labute approximate surface area is 74.9 Å². The summed E-state index contributed by atoms with van der Waals surface area (Å²) < 4.78 is 0. The van der Waals surface area contributed by atoms with E-state index in [-0.39, 0.29) is 11.6 Å². The average molecular weight is 182 g/mol. The fraction of sp³-hybridized carbons (Fsp3) is 0.667. The monoisotopic (exact) mass is 182 g/mol. The van der Waals surface area contributed by atoms with Gasteiger partial charge in [0.1, 0.15) is 0 Å². The van der Waals surface area contributed by atoms with E-state index in [0.29, 0.717) is 12.8 Å². The summed E-state index contributed by atoms with van der Waals surface area (Å²) in [5.41, 5.74) is -0.872. The van der Waals surface area contributed by atoms with Crippen LogP contribution in [0.3, 0.4) is 0 Å². The van der Waals surface area contributed by atoms with E-state index in [1.165, 1.54) is 0 Å². The molecule has 4 heteroatoms. The van der Waals surface area contributed by atoms with E-state index in [1.807, 2.05) is 0 Å². The van der Waals surface area contributed by atoms with Gasteiger partial charge >= 0.3 is 5.97 Å². The minimum absolute atomic E-state index is 0.359. The third kappa shape index (κ3) is 0.829. The number of hydrogen-bond acceptors (Lipinski definition) is 3. The summed E-state index contributed by atoms with van der Waals surface area (Å²) in [7, 11) is 0. The Kier molecular flexibility index (Phi) is 1.55. The second-order valence-electron chi connectivity index (χ2n) is 3.79. The molecule has 13 heavy (non-hydrogen) atoms. The molecule has 2 aliphatic carbocycles. The van der Waals surface area contributed by atoms with E-state index in [0.717, 1.165) is 12.8 Å². The molecule has 0 unspecified atom stereocenters. The minimum Gasteiger partial charge on any atom is -0.480 e. The van der Waals surface area contributed by atoms with Crippen LogP contribution in [0.15, 0.2) is 0 Å². The predicted octanol–water partition coefficient (Wildman–Crippen LogP) is 0.399. The van der Waals surface area contributed by atoms with Gasteiger partial charge in [-0.2, -0.15) is 0 Å². The van der Waals surface area contributed by atoms with Gasteiger partial charge in [0.2, 0.25) is 0 Å². The molecule has 2 rings (SSSR count). The number of hydrogen-bond donors (Lipinski definition) is 1. The highest BCUT2D eigenvalue weighted by molar-refractivity contribution is 6.35. The Balaban J connectivity index is 2.25. The lowest BCUT2D eigenvalue weighted by Crippen LogP contribution is -2.60. The van der Waals surface area contributed by atoms with Crippen LogP contribution < -0.4 is 0 Å². The molecule has 70 valence electrons. The summed E-state index contributed by atoms with van der Waals surface area (Å²) in [4.78, 5) is 33.4. The highest BCUT2D eigenvalue weighted by Crippen LogP contribution is 2.50. The number of carboxylic acid groups (broad SMARTS) is 1. The van der Waals surface area contributed by atoms with E-state index in [9.17, 15) is 14.4 Å². The largest absolute Gasteiger partial charge is 0.480 e. The number of Topliss-reactive ketones (excluding diaryl/α,β-unsaturated/α-hetero) is 2. The summed E-state index contributed by atoms with van der Waals surface area (Å²) in [5.74, 6) is -3.35. The molecule has 2 aliphatic rings. The van der Waals surface area contributed by atoms with Crippen molar-refractivity contribution in [3.63, 3.8) is 0 Å². The lowest BCUT2D eigenvalue weighted by molar-refractivity contribution is -0.168. The zero-order valence-corrected chi connectivity index (χ0v) is 7.08. The standard InChI is InChI=1S/C9H10O4/c10-6-5(8(12)13)7(11)9(6)3-1-2-4-9/h5H,1-4H2,(H,12,13). The molecule has 2 saturated carbocycles. The van der Waals surface area contributed by atoms with Crippen molar-refractivity contribution in [1.29, 1.82) is 0 Å². The van der Waals surface area contributed by atoms with E-state index < -0.39 is 17.3 Å². The van der Waals surface area contributed by atoms with Crippen LogP contribution >= 0.6 is 0 Å². The van der Waals surface area contributed by atoms with Crippen molar-refractivity contribution in [2.45, 2.75) is 25.7 Å². The van der Waals surface area contributed by atoms with Crippen LogP contribution in [0.1, 0.15) is 25.7 Å². The molecule has 0 aromatic carbocycles. The normalized spacial score (nSPS) is 26.5. The Bertz CT molecular complexity index is 281. The number of carbonyl (C=O) groups excluding carboxylic acids is 2. The maximum Gasteiger partial charge on any atom is 0.321 e. The first-order chi connectivity index (χ1) is 6.09. The molecule has 0 aliphatic heterocycles. The van der Waals surface area contributed by atoms with Crippen molar-refractivity contribution in [2.24, 2.45) is 11.3 Å². The van der Waals surface area contributed by atoms with Crippen molar-refractivity contribution < 1.29 is 19.5 Å². The van der Waals surface area contributed by atoms with Crippen LogP contribution in [0, 0.1) is 11.3 Å². The van der Waals surface area contributed by atoms with Crippen molar-refractivity contribution in [3.05, 3.63) is 0 Å². The maximum absolute atomic E-state index is 11.4. The second-order valence-corrected chi connectivity index (χ2v) is 3.79. The average Bonchev–Trinajstić information content (AvgIpc) is 2.54. The Morgan fingerprint density at radius 1 is 1.23 bits per heavy atom. The molecular formula is C9H10O4. The first-order valence-electron chi connectivity index (χ1n) is 4.41. The molecule has 0 amide bonds. The molecule has 4 nitrogen and oxygen atoms in total. The van der Waals surface area contributed by atoms with Gasteiger partial charge in [0.25, 0.3) is 0 Å². The highest BCUT2D eigenvalue weighted by Gasteiger charge is 2.65. The highest BCUT2D eigenvalue weighted by atomic mass is 16.4. The predicted molar refractivity (Wildman–Crippen MR) is 42.0 cm³/mol. The Hall–Kier alpha value is -1.19. The van der Waals surface area contributed by atoms with Gasteiger partial charge in [-0.1, -0.05) is 12.8 Å². The van der Waals surface area contributed by atoms with Gasteiger partial charge in [0, 0.05) is 0 Å². The van der Waals surface area contributed by atoms with E-state index in [4.69, 9.17) is 5.11 Å². The zero-order valence-electron chi connectivity index (χ0n) is 7.08. The zero-order chi connectivity index (χ0) is 9.64. The van der Waals surface area contributed by atoms with Crippen LogP contribution in [0.5, 0.6) is 0 Å².